The molecule has 1 aromatic heterocycles. The highest BCUT2D eigenvalue weighted by molar-refractivity contribution is 7.07. The Bertz CT molecular complexity index is 1600. The van der Waals surface area contributed by atoms with Crippen molar-refractivity contribution >= 4 is 29.1 Å². The number of hydrogen-bond acceptors (Lipinski definition) is 9. The minimum Gasteiger partial charge on any atom is -0.507 e. The molecule has 0 spiro atoms. The number of thiazole rings is 1. The highest BCUT2D eigenvalue weighted by Crippen LogP contribution is 2.36. The number of fused-ring (bicyclic) bond motifs is 1. The van der Waals surface area contributed by atoms with Gasteiger partial charge in [0.25, 0.3) is 5.56 Å². The molecule has 10 heteroatoms. The van der Waals surface area contributed by atoms with Gasteiger partial charge in [-0.2, -0.15) is 0 Å². The first-order valence-electron chi connectivity index (χ1n) is 12.8. The third-order valence-corrected chi connectivity index (χ3v) is 7.65. The van der Waals surface area contributed by atoms with Crippen LogP contribution >= 0.6 is 11.3 Å². The number of esters is 1. The first-order valence-corrected chi connectivity index (χ1v) is 13.6. The van der Waals surface area contributed by atoms with E-state index in [-0.39, 0.29) is 23.5 Å². The number of rotatable bonds is 9. The largest absolute Gasteiger partial charge is 0.507 e. The second-order valence-corrected chi connectivity index (χ2v) is 9.84. The molecule has 1 atom stereocenters. The highest BCUT2D eigenvalue weighted by Gasteiger charge is 2.34. The maximum absolute atomic E-state index is 13.9. The minimum absolute atomic E-state index is 0.0741. The summed E-state index contributed by atoms with van der Waals surface area (Å²) >= 11 is 1.20. The Morgan fingerprint density at radius 1 is 1.10 bits per heavy atom. The summed E-state index contributed by atoms with van der Waals surface area (Å²) in [7, 11) is 3.07. The van der Waals surface area contributed by atoms with Crippen molar-refractivity contribution in [1.29, 1.82) is 0 Å². The molecule has 0 saturated heterocycles. The van der Waals surface area contributed by atoms with Crippen LogP contribution in [0.15, 0.2) is 57.5 Å². The van der Waals surface area contributed by atoms with Crippen molar-refractivity contribution in [1.82, 2.24) is 4.57 Å². The van der Waals surface area contributed by atoms with Gasteiger partial charge in [0.1, 0.15) is 5.75 Å². The van der Waals surface area contributed by atoms with E-state index in [1.807, 2.05) is 6.07 Å². The van der Waals surface area contributed by atoms with Crippen LogP contribution in [0.5, 0.6) is 17.2 Å². The van der Waals surface area contributed by atoms with E-state index in [0.717, 1.165) is 18.8 Å². The Labute approximate surface area is 230 Å². The molecule has 0 bridgehead atoms. The first-order chi connectivity index (χ1) is 18.8. The third-order valence-electron chi connectivity index (χ3n) is 6.67. The molecule has 2 aromatic carbocycles. The van der Waals surface area contributed by atoms with Gasteiger partial charge in [0.15, 0.2) is 16.3 Å². The molecule has 9 nitrogen and oxygen atoms in total. The van der Waals surface area contributed by atoms with E-state index in [4.69, 9.17) is 14.2 Å². The summed E-state index contributed by atoms with van der Waals surface area (Å²) in [6.07, 6.45) is 1.65. The van der Waals surface area contributed by atoms with Crippen LogP contribution < -0.4 is 29.3 Å². The Morgan fingerprint density at radius 3 is 2.44 bits per heavy atom. The van der Waals surface area contributed by atoms with E-state index in [1.165, 1.54) is 23.0 Å². The van der Waals surface area contributed by atoms with Crippen molar-refractivity contribution in [2.75, 3.05) is 38.8 Å². The number of benzene rings is 2. The van der Waals surface area contributed by atoms with E-state index in [1.54, 1.807) is 57.4 Å². The first kappa shape index (κ1) is 28.0. The standard InChI is InChI=1S/C29H33N3O6S/c1-7-31(8-2)20-12-10-18(21(33)16-20)15-24-27(34)32-26(19-11-13-22(36-5)23(14-19)37-6)25(28(35)38-9-3)17(4)30-29(32)39-24/h10-16,26,33H,7-9H2,1-6H3. The number of nitrogens with zero attached hydrogens (tertiary/aromatic N) is 3. The van der Waals surface area contributed by atoms with E-state index in [9.17, 15) is 14.7 Å². The smallest absolute Gasteiger partial charge is 0.338 e. The summed E-state index contributed by atoms with van der Waals surface area (Å²) < 4.78 is 18.1. The second-order valence-electron chi connectivity index (χ2n) is 8.83. The molecule has 0 aliphatic carbocycles. The Kier molecular flexibility index (Phi) is 8.44. The number of phenolic OH excluding ortho intramolecular Hbond substituents is 1. The molecule has 206 valence electrons. The van der Waals surface area contributed by atoms with Gasteiger partial charge in [0.05, 0.1) is 42.7 Å². The third kappa shape index (κ3) is 5.29. The van der Waals surface area contributed by atoms with Crippen LogP contribution in [0.25, 0.3) is 6.08 Å². The van der Waals surface area contributed by atoms with Crippen LogP contribution in [0.3, 0.4) is 0 Å². The van der Waals surface area contributed by atoms with Gasteiger partial charge in [-0.25, -0.2) is 9.79 Å². The number of anilines is 1. The van der Waals surface area contributed by atoms with Crippen LogP contribution in [0.4, 0.5) is 5.69 Å². The van der Waals surface area contributed by atoms with Gasteiger partial charge in [0, 0.05) is 30.4 Å². The number of carbonyl (C=O) groups is 1. The number of hydrogen-bond donors (Lipinski definition) is 1. The molecule has 1 N–H and O–H groups in total. The number of methoxy groups -OCH3 is 2. The highest BCUT2D eigenvalue weighted by atomic mass is 32.1. The van der Waals surface area contributed by atoms with E-state index < -0.39 is 12.0 Å². The number of phenols is 1. The summed E-state index contributed by atoms with van der Waals surface area (Å²) in [6, 6.07) is 9.90. The summed E-state index contributed by atoms with van der Waals surface area (Å²) in [4.78, 5) is 34.1. The maximum atomic E-state index is 13.9. The molecule has 0 saturated carbocycles. The van der Waals surface area contributed by atoms with Gasteiger partial charge in [0.2, 0.25) is 0 Å². The number of ether oxygens (including phenoxy) is 3. The van der Waals surface area contributed by atoms with Crippen molar-refractivity contribution in [2.45, 2.75) is 33.7 Å². The lowest BCUT2D eigenvalue weighted by Crippen LogP contribution is -2.40. The van der Waals surface area contributed by atoms with Crippen molar-refractivity contribution in [3.05, 3.63) is 78.5 Å². The Balaban J connectivity index is 1.91. The lowest BCUT2D eigenvalue weighted by molar-refractivity contribution is -0.139. The van der Waals surface area contributed by atoms with Crippen molar-refractivity contribution < 1.29 is 24.1 Å². The predicted octanol–water partition coefficient (Wildman–Crippen LogP) is 3.37. The number of aromatic nitrogens is 1. The fourth-order valence-electron chi connectivity index (χ4n) is 4.71. The average Bonchev–Trinajstić information content (AvgIpc) is 3.23. The van der Waals surface area contributed by atoms with Crippen LogP contribution in [-0.2, 0) is 9.53 Å². The topological polar surface area (TPSA) is 103 Å². The van der Waals surface area contributed by atoms with Gasteiger partial charge in [-0.15, -0.1) is 0 Å². The Hall–Kier alpha value is -4.05. The predicted molar refractivity (Wildman–Crippen MR) is 152 cm³/mol. The molecule has 39 heavy (non-hydrogen) atoms. The monoisotopic (exact) mass is 551 g/mol. The van der Waals surface area contributed by atoms with Crippen molar-refractivity contribution in [3.63, 3.8) is 0 Å². The lowest BCUT2D eigenvalue weighted by Gasteiger charge is -2.25. The zero-order valence-corrected chi connectivity index (χ0v) is 23.8. The Morgan fingerprint density at radius 2 is 1.82 bits per heavy atom. The minimum atomic E-state index is -0.791. The summed E-state index contributed by atoms with van der Waals surface area (Å²) in [5.74, 6) is 0.520. The molecule has 1 aliphatic rings. The fourth-order valence-corrected chi connectivity index (χ4v) is 5.75. The van der Waals surface area contributed by atoms with Crippen LogP contribution in [-0.4, -0.2) is 49.6 Å². The van der Waals surface area contributed by atoms with E-state index >= 15 is 0 Å². The fraction of sp³-hybridized carbons (Fsp3) is 0.345. The van der Waals surface area contributed by atoms with Crippen LogP contribution in [0.2, 0.25) is 0 Å². The normalized spacial score (nSPS) is 15.0. The summed E-state index contributed by atoms with van der Waals surface area (Å²) in [5.41, 5.74) is 2.46. The zero-order valence-electron chi connectivity index (χ0n) is 23.0. The van der Waals surface area contributed by atoms with Gasteiger partial charge < -0.3 is 24.2 Å². The molecule has 0 amide bonds. The van der Waals surface area contributed by atoms with Crippen molar-refractivity contribution in [3.8, 4) is 17.2 Å². The molecule has 0 fully saturated rings. The molecular formula is C29H33N3O6S. The van der Waals surface area contributed by atoms with Gasteiger partial charge in [-0.05, 0) is 63.6 Å². The molecule has 1 unspecified atom stereocenters. The lowest BCUT2D eigenvalue weighted by atomic mass is 9.95. The molecule has 1 aliphatic heterocycles. The molecule has 4 rings (SSSR count). The molecule has 2 heterocycles. The maximum Gasteiger partial charge on any atom is 0.338 e. The SMILES string of the molecule is CCOC(=O)C1=C(C)N=c2sc(=Cc3ccc(N(CC)CC)cc3O)c(=O)n2C1c1ccc(OC)c(OC)c1. The quantitative estimate of drug-likeness (QED) is 0.407. The van der Waals surface area contributed by atoms with Crippen molar-refractivity contribution in [2.24, 2.45) is 4.99 Å². The number of aromatic hydroxyl groups is 1. The number of carbonyl (C=O) groups excluding carboxylic acids is 1. The van der Waals surface area contributed by atoms with Gasteiger partial charge in [-0.3, -0.25) is 9.36 Å². The van der Waals surface area contributed by atoms with Gasteiger partial charge in [-0.1, -0.05) is 17.4 Å². The average molecular weight is 552 g/mol. The molecule has 0 radical (unpaired) electrons. The van der Waals surface area contributed by atoms with E-state index in [2.05, 4.69) is 23.7 Å². The van der Waals surface area contributed by atoms with Gasteiger partial charge >= 0.3 is 5.97 Å². The molecule has 3 aromatic rings. The van der Waals surface area contributed by atoms with Crippen LogP contribution in [0, 0.1) is 0 Å². The number of allylic oxidation sites excluding steroid dienone is 1. The van der Waals surface area contributed by atoms with Crippen LogP contribution in [0.1, 0.15) is 44.9 Å². The summed E-state index contributed by atoms with van der Waals surface area (Å²) in [5, 5.41) is 10.8. The summed E-state index contributed by atoms with van der Waals surface area (Å²) in [6.45, 7) is 9.37. The zero-order chi connectivity index (χ0) is 28.3. The van der Waals surface area contributed by atoms with E-state index in [0.29, 0.717) is 37.7 Å². The molecular weight excluding hydrogens is 518 g/mol. The second kappa shape index (κ2) is 11.8.